The third-order valence-corrected chi connectivity index (χ3v) is 1.35. The van der Waals surface area contributed by atoms with Crippen molar-refractivity contribution >= 4 is 0 Å². The third kappa shape index (κ3) is 81.2. The van der Waals surface area contributed by atoms with Gasteiger partial charge in [-0.25, -0.2) is 0 Å². The standard InChI is InChI=1S/C6H15N.2C4H10/c1-3-5-7-6-4-2;1-4(2)3;1-3-4-2/h7H,3-6H2,1-2H3;4H,1-3H3;3-4H2,1-2H3. The predicted molar refractivity (Wildman–Crippen MR) is 74.5 cm³/mol. The molecule has 0 aromatic rings. The molecule has 1 N–H and O–H groups in total. The topological polar surface area (TPSA) is 12.0 Å². The Bertz CT molecular complexity index is 61.0. The molecule has 15 heavy (non-hydrogen) atoms. The Morgan fingerprint density at radius 3 is 1.07 bits per heavy atom. The van der Waals surface area contributed by atoms with E-state index >= 15 is 0 Å². The van der Waals surface area contributed by atoms with Crippen LogP contribution in [0.2, 0.25) is 0 Å². The van der Waals surface area contributed by atoms with Gasteiger partial charge in [0.05, 0.1) is 0 Å². The average Bonchev–Trinajstić information content (AvgIpc) is 2.18. The van der Waals surface area contributed by atoms with Crippen molar-refractivity contribution in [1.29, 1.82) is 0 Å². The zero-order valence-corrected chi connectivity index (χ0v) is 12.3. The minimum atomic E-state index is 0.833. The van der Waals surface area contributed by atoms with E-state index in [4.69, 9.17) is 0 Å². The number of rotatable bonds is 5. The van der Waals surface area contributed by atoms with Gasteiger partial charge in [-0.2, -0.15) is 0 Å². The van der Waals surface area contributed by atoms with Gasteiger partial charge in [-0.05, 0) is 31.8 Å². The summed E-state index contributed by atoms with van der Waals surface area (Å²) in [6.07, 6.45) is 5.14. The molecule has 0 saturated heterocycles. The van der Waals surface area contributed by atoms with E-state index < -0.39 is 0 Å². The monoisotopic (exact) mass is 217 g/mol. The van der Waals surface area contributed by atoms with Crippen molar-refractivity contribution in [3.63, 3.8) is 0 Å². The highest BCUT2D eigenvalue weighted by molar-refractivity contribution is 4.39. The van der Waals surface area contributed by atoms with Crippen LogP contribution in [0.25, 0.3) is 0 Å². The van der Waals surface area contributed by atoms with Crippen LogP contribution in [0.3, 0.4) is 0 Å². The zero-order valence-electron chi connectivity index (χ0n) is 12.3. The van der Waals surface area contributed by atoms with E-state index in [1.807, 2.05) is 0 Å². The molecule has 0 bridgehead atoms. The lowest BCUT2D eigenvalue weighted by Crippen LogP contribution is -2.14. The fourth-order valence-electron chi connectivity index (χ4n) is 0.479. The molecule has 0 aliphatic carbocycles. The van der Waals surface area contributed by atoms with Gasteiger partial charge in [-0.3, -0.25) is 0 Å². The maximum absolute atomic E-state index is 3.28. The molecule has 0 unspecified atom stereocenters. The Morgan fingerprint density at radius 1 is 0.667 bits per heavy atom. The van der Waals surface area contributed by atoms with E-state index in [1.54, 1.807) is 0 Å². The van der Waals surface area contributed by atoms with Gasteiger partial charge in [0.1, 0.15) is 0 Å². The molecule has 1 nitrogen and oxygen atoms in total. The molecule has 0 fully saturated rings. The summed E-state index contributed by atoms with van der Waals surface area (Å²) in [7, 11) is 0. The highest BCUT2D eigenvalue weighted by Gasteiger charge is 1.76. The van der Waals surface area contributed by atoms with Crippen LogP contribution < -0.4 is 5.32 Å². The zero-order chi connectivity index (χ0) is 12.5. The van der Waals surface area contributed by atoms with Crippen molar-refractivity contribution in [2.75, 3.05) is 13.1 Å². The smallest absolute Gasteiger partial charge is 0.00516 e. The minimum absolute atomic E-state index is 0.833. The number of unbranched alkanes of at least 4 members (excludes halogenated alkanes) is 1. The number of hydrogen-bond acceptors (Lipinski definition) is 1. The van der Waals surface area contributed by atoms with E-state index in [1.165, 1.54) is 38.8 Å². The predicted octanol–water partition coefficient (Wildman–Crippen LogP) is 4.86. The van der Waals surface area contributed by atoms with Gasteiger partial charge < -0.3 is 5.32 Å². The third-order valence-electron chi connectivity index (χ3n) is 1.35. The van der Waals surface area contributed by atoms with Crippen LogP contribution in [0.5, 0.6) is 0 Å². The second kappa shape index (κ2) is 23.6. The second-order valence-electron chi connectivity index (χ2n) is 4.48. The van der Waals surface area contributed by atoms with Crippen LogP contribution in [0.15, 0.2) is 0 Å². The Labute approximate surface area is 99.0 Å². The first-order valence-corrected chi connectivity index (χ1v) is 6.77. The van der Waals surface area contributed by atoms with Crippen molar-refractivity contribution in [3.05, 3.63) is 0 Å². The summed E-state index contributed by atoms with van der Waals surface area (Å²) in [6, 6.07) is 0. The fourth-order valence-corrected chi connectivity index (χ4v) is 0.479. The molecule has 0 aliphatic rings. The summed E-state index contributed by atoms with van der Waals surface area (Å²) in [6.45, 7) is 17.6. The van der Waals surface area contributed by atoms with Crippen LogP contribution in [0.4, 0.5) is 0 Å². The van der Waals surface area contributed by atoms with Crippen LogP contribution in [-0.4, -0.2) is 13.1 Å². The number of nitrogens with one attached hydrogen (secondary N) is 1. The normalized spacial score (nSPS) is 8.80. The van der Waals surface area contributed by atoms with Gasteiger partial charge >= 0.3 is 0 Å². The molecule has 0 heterocycles. The first kappa shape index (κ1) is 20.4. The molecule has 0 spiro atoms. The molecule has 96 valence electrons. The van der Waals surface area contributed by atoms with E-state index in [9.17, 15) is 0 Å². The first-order chi connectivity index (χ1) is 7.06. The molecule has 0 aromatic heterocycles. The maximum Gasteiger partial charge on any atom is -0.00516 e. The van der Waals surface area contributed by atoms with Crippen molar-refractivity contribution in [1.82, 2.24) is 5.32 Å². The van der Waals surface area contributed by atoms with Crippen molar-refractivity contribution in [2.45, 2.75) is 74.1 Å². The minimum Gasteiger partial charge on any atom is -0.317 e. The van der Waals surface area contributed by atoms with Crippen LogP contribution in [-0.2, 0) is 0 Å². The molecular weight excluding hydrogens is 182 g/mol. The van der Waals surface area contributed by atoms with E-state index in [-0.39, 0.29) is 0 Å². The van der Waals surface area contributed by atoms with Crippen molar-refractivity contribution in [2.24, 2.45) is 5.92 Å². The molecule has 0 saturated carbocycles. The van der Waals surface area contributed by atoms with E-state index in [2.05, 4.69) is 53.8 Å². The van der Waals surface area contributed by atoms with Crippen molar-refractivity contribution in [3.8, 4) is 0 Å². The Hall–Kier alpha value is -0.0400. The Balaban J connectivity index is -0.000000155. The summed E-state index contributed by atoms with van der Waals surface area (Å²) in [5.74, 6) is 0.833. The van der Waals surface area contributed by atoms with Gasteiger partial charge in [0, 0.05) is 0 Å². The van der Waals surface area contributed by atoms with Crippen molar-refractivity contribution < 1.29 is 0 Å². The summed E-state index contributed by atoms with van der Waals surface area (Å²) in [5, 5.41) is 3.28. The fraction of sp³-hybridized carbons (Fsp3) is 1.00. The second-order valence-corrected chi connectivity index (χ2v) is 4.48. The lowest BCUT2D eigenvalue weighted by molar-refractivity contribution is 0.662. The molecule has 0 atom stereocenters. The van der Waals surface area contributed by atoms with Gasteiger partial charge in [0.2, 0.25) is 0 Å². The SMILES string of the molecule is CC(C)C.CCCC.CCCNCCC. The van der Waals surface area contributed by atoms with Gasteiger partial charge in [0.25, 0.3) is 0 Å². The Morgan fingerprint density at radius 2 is 0.933 bits per heavy atom. The van der Waals surface area contributed by atoms with Crippen LogP contribution in [0.1, 0.15) is 74.1 Å². The first-order valence-electron chi connectivity index (χ1n) is 6.77. The van der Waals surface area contributed by atoms with Crippen LogP contribution in [0, 0.1) is 5.92 Å². The largest absolute Gasteiger partial charge is 0.317 e. The highest BCUT2D eigenvalue weighted by Crippen LogP contribution is 1.81. The summed E-state index contributed by atoms with van der Waals surface area (Å²) >= 11 is 0. The van der Waals surface area contributed by atoms with Gasteiger partial charge in [0.15, 0.2) is 0 Å². The molecular formula is C14H35N. The number of hydrogen-bond donors (Lipinski definition) is 1. The molecule has 0 aromatic carbocycles. The molecule has 0 amide bonds. The van der Waals surface area contributed by atoms with E-state index in [0.717, 1.165) is 5.92 Å². The summed E-state index contributed by atoms with van der Waals surface area (Å²) in [5.41, 5.74) is 0. The quantitative estimate of drug-likeness (QED) is 0.648. The molecule has 1 heteroatoms. The van der Waals surface area contributed by atoms with Gasteiger partial charge in [-0.15, -0.1) is 0 Å². The van der Waals surface area contributed by atoms with Crippen LogP contribution >= 0.6 is 0 Å². The van der Waals surface area contributed by atoms with Gasteiger partial charge in [-0.1, -0.05) is 61.3 Å². The lowest BCUT2D eigenvalue weighted by atomic mass is 10.3. The summed E-state index contributed by atoms with van der Waals surface area (Å²) in [4.78, 5) is 0. The van der Waals surface area contributed by atoms with E-state index in [0.29, 0.717) is 0 Å². The maximum atomic E-state index is 3.28. The molecule has 0 rings (SSSR count). The lowest BCUT2D eigenvalue weighted by Gasteiger charge is -1.95. The molecule has 0 aliphatic heterocycles. The average molecular weight is 217 g/mol. The summed E-state index contributed by atoms with van der Waals surface area (Å²) < 4.78 is 0. The highest BCUT2D eigenvalue weighted by atomic mass is 14.8. The Kier molecular flexibility index (Phi) is 32.1. The molecule has 0 radical (unpaired) electrons.